The largest absolute Gasteiger partial charge is 0.478 e. The van der Waals surface area contributed by atoms with E-state index < -0.39 is 11.8 Å². The lowest BCUT2D eigenvalue weighted by atomic mass is 10.2. The summed E-state index contributed by atoms with van der Waals surface area (Å²) < 4.78 is 24.3. The molecule has 1 N–H and O–H groups in total. The maximum Gasteiger partial charge on any atom is 0.400 e. The number of halogens is 2. The number of nitrogens with zero attached hydrogens (tertiary/aromatic N) is 1. The Morgan fingerprint density at radius 3 is 2.81 bits per heavy atom. The molecule has 1 heterocycles. The molecule has 0 aliphatic rings. The number of fused-ring (bicyclic) bond motifs is 1. The fourth-order valence-electron chi connectivity index (χ4n) is 1.72. The lowest BCUT2D eigenvalue weighted by Crippen LogP contribution is -1.94. The first kappa shape index (κ1) is 13.6. The van der Waals surface area contributed by atoms with Gasteiger partial charge in [0.05, 0.1) is 10.0 Å². The van der Waals surface area contributed by atoms with Gasteiger partial charge in [-0.15, -0.1) is 0 Å². The average Bonchev–Trinajstić information content (AvgIpc) is 2.84. The highest BCUT2D eigenvalue weighted by atomic mass is 79.9. The zero-order valence-corrected chi connectivity index (χ0v) is 11.9. The van der Waals surface area contributed by atoms with Gasteiger partial charge in [0.2, 0.25) is 0 Å². The molecule has 0 aliphatic carbocycles. The molecule has 0 fully saturated rings. The van der Waals surface area contributed by atoms with Crippen LogP contribution in [0.15, 0.2) is 45.3 Å². The first-order valence-corrected chi connectivity index (χ1v) is 6.59. The molecule has 3 aromatic rings. The van der Waals surface area contributed by atoms with Crippen LogP contribution in [0, 0.1) is 5.82 Å². The van der Waals surface area contributed by atoms with Gasteiger partial charge >= 0.3 is 12.0 Å². The third-order valence-corrected chi connectivity index (χ3v) is 3.36. The van der Waals surface area contributed by atoms with Crippen LogP contribution in [-0.2, 0) is 0 Å². The van der Waals surface area contributed by atoms with E-state index in [0.717, 1.165) is 0 Å². The minimum atomic E-state index is -1.06. The van der Waals surface area contributed by atoms with Crippen molar-refractivity contribution in [3.8, 4) is 11.8 Å². The molecule has 0 bridgehead atoms. The number of hydrogen-bond donors (Lipinski definition) is 1. The summed E-state index contributed by atoms with van der Waals surface area (Å²) in [6.07, 6.45) is -0.0886. The molecule has 0 saturated heterocycles. The van der Waals surface area contributed by atoms with Crippen LogP contribution >= 0.6 is 15.9 Å². The molecule has 3 rings (SSSR count). The number of carboxylic acids is 1. The van der Waals surface area contributed by atoms with Gasteiger partial charge in [0.1, 0.15) is 17.1 Å². The number of benzene rings is 2. The Bertz CT molecular complexity index is 846. The summed E-state index contributed by atoms with van der Waals surface area (Å²) in [5, 5.41) is 8.90. The maximum atomic E-state index is 13.4. The Balaban J connectivity index is 1.93. The second kappa shape index (κ2) is 5.17. The molecule has 5 nitrogen and oxygen atoms in total. The van der Waals surface area contributed by atoms with Crippen LogP contribution in [0.5, 0.6) is 11.8 Å². The van der Waals surface area contributed by atoms with E-state index in [1.54, 1.807) is 6.07 Å². The van der Waals surface area contributed by atoms with Crippen molar-refractivity contribution in [2.75, 3.05) is 0 Å². The summed E-state index contributed by atoms with van der Waals surface area (Å²) in [5.74, 6) is -1.32. The quantitative estimate of drug-likeness (QED) is 0.764. The minimum absolute atomic E-state index is 0.0832. The van der Waals surface area contributed by atoms with E-state index in [0.29, 0.717) is 9.99 Å². The molecule has 7 heteroatoms. The Hall–Kier alpha value is -2.41. The van der Waals surface area contributed by atoms with Gasteiger partial charge in [0.25, 0.3) is 0 Å². The van der Waals surface area contributed by atoms with Gasteiger partial charge in [-0.1, -0.05) is 0 Å². The summed E-state index contributed by atoms with van der Waals surface area (Å²) in [7, 11) is 0. The summed E-state index contributed by atoms with van der Waals surface area (Å²) in [5.41, 5.74) is 0.815. The van der Waals surface area contributed by atoms with Crippen molar-refractivity contribution in [1.29, 1.82) is 0 Å². The molecule has 0 spiro atoms. The number of hydrogen-bond acceptors (Lipinski definition) is 4. The molecule has 1 aromatic heterocycles. The summed E-state index contributed by atoms with van der Waals surface area (Å²) in [6, 6.07) is 8.50. The third-order valence-electron chi connectivity index (χ3n) is 2.71. The number of aromatic carboxylic acids is 1. The zero-order valence-electron chi connectivity index (χ0n) is 10.3. The van der Waals surface area contributed by atoms with E-state index in [1.165, 1.54) is 30.3 Å². The van der Waals surface area contributed by atoms with Crippen molar-refractivity contribution < 1.29 is 23.4 Å². The van der Waals surface area contributed by atoms with Crippen molar-refractivity contribution in [3.63, 3.8) is 0 Å². The molecular formula is C14H7BrFNO4. The van der Waals surface area contributed by atoms with E-state index in [-0.39, 0.29) is 23.0 Å². The van der Waals surface area contributed by atoms with Gasteiger partial charge in [-0.2, -0.15) is 4.98 Å². The van der Waals surface area contributed by atoms with Crippen LogP contribution in [0.3, 0.4) is 0 Å². The van der Waals surface area contributed by atoms with Crippen LogP contribution in [0.1, 0.15) is 10.4 Å². The van der Waals surface area contributed by atoms with Crippen LogP contribution in [0.4, 0.5) is 4.39 Å². The molecule has 0 saturated carbocycles. The van der Waals surface area contributed by atoms with Crippen molar-refractivity contribution in [1.82, 2.24) is 4.98 Å². The first-order chi connectivity index (χ1) is 10.0. The molecule has 0 unspecified atom stereocenters. The summed E-state index contributed by atoms with van der Waals surface area (Å²) in [4.78, 5) is 14.9. The molecule has 2 aromatic carbocycles. The van der Waals surface area contributed by atoms with E-state index in [2.05, 4.69) is 20.9 Å². The van der Waals surface area contributed by atoms with Gasteiger partial charge in [-0.3, -0.25) is 0 Å². The van der Waals surface area contributed by atoms with Crippen LogP contribution < -0.4 is 4.74 Å². The Morgan fingerprint density at radius 2 is 2.10 bits per heavy atom. The van der Waals surface area contributed by atoms with E-state index in [9.17, 15) is 9.18 Å². The SMILES string of the molecule is O=C(O)c1ccc2nc(Oc3ccc(Br)c(F)c3)oc2c1. The van der Waals surface area contributed by atoms with E-state index >= 15 is 0 Å². The summed E-state index contributed by atoms with van der Waals surface area (Å²) in [6.45, 7) is 0. The number of aromatic nitrogens is 1. The van der Waals surface area contributed by atoms with Crippen LogP contribution in [0.25, 0.3) is 11.1 Å². The normalized spacial score (nSPS) is 10.8. The van der Waals surface area contributed by atoms with Gasteiger partial charge in [0.15, 0.2) is 5.58 Å². The standard InChI is InChI=1S/C14H7BrFNO4/c15-9-3-2-8(6-10(9)16)20-14-17-11-4-1-7(13(18)19)5-12(11)21-14/h1-6H,(H,18,19). The highest BCUT2D eigenvalue weighted by molar-refractivity contribution is 9.10. The number of ether oxygens (including phenoxy) is 1. The molecule has 0 atom stereocenters. The fourth-order valence-corrected chi connectivity index (χ4v) is 1.97. The molecule has 106 valence electrons. The smallest absolute Gasteiger partial charge is 0.400 e. The van der Waals surface area contributed by atoms with Crippen molar-refractivity contribution in [3.05, 3.63) is 52.3 Å². The number of oxazole rings is 1. The Kier molecular flexibility index (Phi) is 3.34. The molecule has 0 radical (unpaired) electrons. The second-order valence-electron chi connectivity index (χ2n) is 4.15. The van der Waals surface area contributed by atoms with E-state index in [1.807, 2.05) is 0 Å². The number of rotatable bonds is 3. The van der Waals surface area contributed by atoms with Gasteiger partial charge in [-0.05, 0) is 46.3 Å². The minimum Gasteiger partial charge on any atom is -0.478 e. The van der Waals surface area contributed by atoms with Crippen molar-refractivity contribution >= 4 is 33.0 Å². The highest BCUT2D eigenvalue weighted by Crippen LogP contribution is 2.28. The van der Waals surface area contributed by atoms with Gasteiger partial charge in [-0.25, -0.2) is 9.18 Å². The molecular weight excluding hydrogens is 345 g/mol. The van der Waals surface area contributed by atoms with Gasteiger partial charge in [0, 0.05) is 6.07 Å². The van der Waals surface area contributed by atoms with Crippen LogP contribution in [-0.4, -0.2) is 16.1 Å². The third kappa shape index (κ3) is 2.73. The Morgan fingerprint density at radius 1 is 1.29 bits per heavy atom. The predicted molar refractivity (Wildman–Crippen MR) is 75.1 cm³/mol. The predicted octanol–water partition coefficient (Wildman–Crippen LogP) is 4.22. The molecule has 0 amide bonds. The maximum absolute atomic E-state index is 13.4. The fraction of sp³-hybridized carbons (Fsp3) is 0. The second-order valence-corrected chi connectivity index (χ2v) is 5.00. The molecule has 0 aliphatic heterocycles. The summed E-state index contributed by atoms with van der Waals surface area (Å²) >= 11 is 3.04. The topological polar surface area (TPSA) is 72.6 Å². The van der Waals surface area contributed by atoms with Gasteiger partial charge < -0.3 is 14.3 Å². The average molecular weight is 352 g/mol. The Labute approximate surface area is 126 Å². The number of carbonyl (C=O) groups is 1. The lowest BCUT2D eigenvalue weighted by Gasteiger charge is -2.01. The molecule has 21 heavy (non-hydrogen) atoms. The van der Waals surface area contributed by atoms with Crippen molar-refractivity contribution in [2.45, 2.75) is 0 Å². The zero-order chi connectivity index (χ0) is 15.0. The highest BCUT2D eigenvalue weighted by Gasteiger charge is 2.12. The van der Waals surface area contributed by atoms with Crippen LogP contribution in [0.2, 0.25) is 0 Å². The lowest BCUT2D eigenvalue weighted by molar-refractivity contribution is 0.0697. The monoisotopic (exact) mass is 351 g/mol. The first-order valence-electron chi connectivity index (χ1n) is 5.80. The van der Waals surface area contributed by atoms with Crippen molar-refractivity contribution in [2.24, 2.45) is 0 Å². The number of carboxylic acid groups (broad SMARTS) is 1. The van der Waals surface area contributed by atoms with E-state index in [4.69, 9.17) is 14.3 Å².